The molecule has 0 N–H and O–H groups in total. The lowest BCUT2D eigenvalue weighted by atomic mass is 9.98. The van der Waals surface area contributed by atoms with Crippen molar-refractivity contribution in [3.05, 3.63) is 95.1 Å². The van der Waals surface area contributed by atoms with Gasteiger partial charge in [-0.2, -0.15) is 0 Å². The summed E-state index contributed by atoms with van der Waals surface area (Å²) in [6.07, 6.45) is 4.36. The van der Waals surface area contributed by atoms with Gasteiger partial charge in [-0.3, -0.25) is 0 Å². The average molecular weight is 308 g/mol. The van der Waals surface area contributed by atoms with E-state index in [2.05, 4.69) is 98.8 Å². The molecular formula is C24H20. The molecule has 0 heterocycles. The number of benzene rings is 4. The Labute approximate surface area is 143 Å². The fourth-order valence-corrected chi connectivity index (χ4v) is 3.18. The molecule has 0 aliphatic rings. The van der Waals surface area contributed by atoms with Crippen LogP contribution in [0.25, 0.3) is 33.7 Å². The third-order valence-corrected chi connectivity index (χ3v) is 4.56. The minimum atomic E-state index is 1.23. The van der Waals surface area contributed by atoms with E-state index in [4.69, 9.17) is 0 Å². The molecule has 0 radical (unpaired) electrons. The smallest absolute Gasteiger partial charge is 0.0105 e. The second kappa shape index (κ2) is 5.98. The van der Waals surface area contributed by atoms with E-state index in [1.807, 2.05) is 0 Å². The SMILES string of the molecule is Cc1ccc(C=Cc2ccc3c(ccc4cc(C)ccc43)c2)cc1. The quantitative estimate of drug-likeness (QED) is 0.283. The van der Waals surface area contributed by atoms with Crippen LogP contribution in [0, 0.1) is 13.8 Å². The normalized spacial score (nSPS) is 11.6. The highest BCUT2D eigenvalue weighted by Gasteiger charge is 2.01. The Balaban J connectivity index is 1.74. The zero-order valence-electron chi connectivity index (χ0n) is 14.1. The van der Waals surface area contributed by atoms with Crippen molar-refractivity contribution in [1.29, 1.82) is 0 Å². The lowest BCUT2D eigenvalue weighted by Gasteiger charge is -2.06. The summed E-state index contributed by atoms with van der Waals surface area (Å²) < 4.78 is 0. The number of aryl methyl sites for hydroxylation is 2. The molecule has 0 fully saturated rings. The second-order valence-corrected chi connectivity index (χ2v) is 6.51. The van der Waals surface area contributed by atoms with Crippen LogP contribution in [-0.2, 0) is 0 Å². The van der Waals surface area contributed by atoms with E-state index in [0.29, 0.717) is 0 Å². The largest absolute Gasteiger partial charge is 0.0587 e. The molecule has 24 heavy (non-hydrogen) atoms. The Morgan fingerprint density at radius 3 is 1.79 bits per heavy atom. The summed E-state index contributed by atoms with van der Waals surface area (Å²) in [6.45, 7) is 4.26. The molecule has 4 rings (SSSR count). The van der Waals surface area contributed by atoms with Gasteiger partial charge in [-0.15, -0.1) is 0 Å². The van der Waals surface area contributed by atoms with E-state index < -0.39 is 0 Å². The summed E-state index contributed by atoms with van der Waals surface area (Å²) in [4.78, 5) is 0. The minimum Gasteiger partial charge on any atom is -0.0587 e. The molecule has 0 bridgehead atoms. The topological polar surface area (TPSA) is 0 Å². The molecular weight excluding hydrogens is 288 g/mol. The monoisotopic (exact) mass is 308 g/mol. The van der Waals surface area contributed by atoms with Gasteiger partial charge in [-0.1, -0.05) is 90.0 Å². The predicted octanol–water partition coefficient (Wildman–Crippen LogP) is 6.78. The lowest BCUT2D eigenvalue weighted by molar-refractivity contribution is 1.46. The Morgan fingerprint density at radius 2 is 1.04 bits per heavy atom. The van der Waals surface area contributed by atoms with Crippen LogP contribution in [0.4, 0.5) is 0 Å². The number of hydrogen-bond acceptors (Lipinski definition) is 0. The molecule has 4 aromatic rings. The highest BCUT2D eigenvalue weighted by Crippen LogP contribution is 2.27. The van der Waals surface area contributed by atoms with Gasteiger partial charge < -0.3 is 0 Å². The van der Waals surface area contributed by atoms with E-state index in [1.54, 1.807) is 0 Å². The first-order chi connectivity index (χ1) is 11.7. The number of fused-ring (bicyclic) bond motifs is 3. The molecule has 0 aliphatic carbocycles. The van der Waals surface area contributed by atoms with Crippen LogP contribution >= 0.6 is 0 Å². The van der Waals surface area contributed by atoms with Crippen LogP contribution in [0.1, 0.15) is 22.3 Å². The fourth-order valence-electron chi connectivity index (χ4n) is 3.18. The summed E-state index contributed by atoms with van der Waals surface area (Å²) in [5.74, 6) is 0. The standard InChI is InChI=1S/C24H20/c1-17-3-6-19(7-4-17)8-9-20-10-14-24-22(16-20)12-11-21-15-18(2)5-13-23(21)24/h3-16H,1-2H3. The van der Waals surface area contributed by atoms with E-state index in [0.717, 1.165) is 0 Å². The Hall–Kier alpha value is -2.86. The van der Waals surface area contributed by atoms with Crippen molar-refractivity contribution >= 4 is 33.7 Å². The lowest BCUT2D eigenvalue weighted by Crippen LogP contribution is -1.81. The number of hydrogen-bond donors (Lipinski definition) is 0. The van der Waals surface area contributed by atoms with Gasteiger partial charge in [0.1, 0.15) is 0 Å². The molecule has 0 heteroatoms. The van der Waals surface area contributed by atoms with Gasteiger partial charge in [-0.05, 0) is 52.6 Å². The van der Waals surface area contributed by atoms with E-state index in [9.17, 15) is 0 Å². The van der Waals surface area contributed by atoms with Gasteiger partial charge in [0.15, 0.2) is 0 Å². The van der Waals surface area contributed by atoms with Crippen molar-refractivity contribution in [2.24, 2.45) is 0 Å². The van der Waals surface area contributed by atoms with Gasteiger partial charge in [-0.25, -0.2) is 0 Å². The molecule has 4 aromatic carbocycles. The van der Waals surface area contributed by atoms with Gasteiger partial charge >= 0.3 is 0 Å². The zero-order chi connectivity index (χ0) is 16.5. The first kappa shape index (κ1) is 14.7. The predicted molar refractivity (Wildman–Crippen MR) is 106 cm³/mol. The molecule has 0 aliphatic heterocycles. The summed E-state index contributed by atoms with van der Waals surface area (Å²) in [5.41, 5.74) is 5.06. The fraction of sp³-hybridized carbons (Fsp3) is 0.0833. The molecule has 0 amide bonds. The Morgan fingerprint density at radius 1 is 0.500 bits per heavy atom. The third kappa shape index (κ3) is 2.83. The summed E-state index contributed by atoms with van der Waals surface area (Å²) in [7, 11) is 0. The van der Waals surface area contributed by atoms with E-state index in [1.165, 1.54) is 43.8 Å². The first-order valence-corrected chi connectivity index (χ1v) is 8.37. The molecule has 0 unspecified atom stereocenters. The molecule has 0 saturated heterocycles. The number of rotatable bonds is 2. The maximum absolute atomic E-state index is 2.26. The van der Waals surface area contributed by atoms with Crippen LogP contribution in [0.15, 0.2) is 72.8 Å². The Kier molecular flexibility index (Phi) is 3.66. The van der Waals surface area contributed by atoms with Gasteiger partial charge in [0.2, 0.25) is 0 Å². The van der Waals surface area contributed by atoms with E-state index in [-0.39, 0.29) is 0 Å². The van der Waals surface area contributed by atoms with Gasteiger partial charge in [0.05, 0.1) is 0 Å². The zero-order valence-corrected chi connectivity index (χ0v) is 14.1. The third-order valence-electron chi connectivity index (χ3n) is 4.56. The second-order valence-electron chi connectivity index (χ2n) is 6.51. The van der Waals surface area contributed by atoms with Crippen LogP contribution in [0.3, 0.4) is 0 Å². The Bertz CT molecular complexity index is 1050. The molecule has 0 aromatic heterocycles. The maximum atomic E-state index is 2.26. The first-order valence-electron chi connectivity index (χ1n) is 8.37. The molecule has 0 nitrogen and oxygen atoms in total. The van der Waals surface area contributed by atoms with Crippen molar-refractivity contribution in [2.75, 3.05) is 0 Å². The van der Waals surface area contributed by atoms with Crippen molar-refractivity contribution < 1.29 is 0 Å². The van der Waals surface area contributed by atoms with Crippen molar-refractivity contribution in [3.8, 4) is 0 Å². The van der Waals surface area contributed by atoms with Crippen LogP contribution in [0.5, 0.6) is 0 Å². The van der Waals surface area contributed by atoms with Gasteiger partial charge in [0.25, 0.3) is 0 Å². The van der Waals surface area contributed by atoms with Crippen molar-refractivity contribution in [3.63, 3.8) is 0 Å². The molecule has 0 atom stereocenters. The van der Waals surface area contributed by atoms with Gasteiger partial charge in [0, 0.05) is 0 Å². The highest BCUT2D eigenvalue weighted by atomic mass is 14.1. The van der Waals surface area contributed by atoms with Crippen LogP contribution < -0.4 is 0 Å². The summed E-state index contributed by atoms with van der Waals surface area (Å²) >= 11 is 0. The minimum absolute atomic E-state index is 1.23. The van der Waals surface area contributed by atoms with Crippen molar-refractivity contribution in [2.45, 2.75) is 13.8 Å². The highest BCUT2D eigenvalue weighted by molar-refractivity contribution is 6.08. The molecule has 0 spiro atoms. The van der Waals surface area contributed by atoms with Crippen LogP contribution in [-0.4, -0.2) is 0 Å². The van der Waals surface area contributed by atoms with E-state index >= 15 is 0 Å². The van der Waals surface area contributed by atoms with Crippen molar-refractivity contribution in [1.82, 2.24) is 0 Å². The molecule has 0 saturated carbocycles. The maximum Gasteiger partial charge on any atom is -0.0105 e. The summed E-state index contributed by atoms with van der Waals surface area (Å²) in [6, 6.07) is 26.4. The molecule has 116 valence electrons. The average Bonchev–Trinajstić information content (AvgIpc) is 2.60. The summed E-state index contributed by atoms with van der Waals surface area (Å²) in [5, 5.41) is 5.25. The van der Waals surface area contributed by atoms with Crippen LogP contribution in [0.2, 0.25) is 0 Å².